The molecule has 19 nitrogen and oxygen atoms in total. The zero-order chi connectivity index (χ0) is 59.5. The molecule has 0 spiro atoms. The number of rotatable bonds is 10. The molecule has 9 aromatic rings. The van der Waals surface area contributed by atoms with E-state index < -0.39 is 17.1 Å². The lowest BCUT2D eigenvalue weighted by Crippen LogP contribution is -2.17. The van der Waals surface area contributed by atoms with Crippen LogP contribution in [-0.4, -0.2) is 88.6 Å². The smallest absolute Gasteiger partial charge is 0.341 e. The third-order valence-electron chi connectivity index (χ3n) is 9.54. The Balaban J connectivity index is 0.000000339. The summed E-state index contributed by atoms with van der Waals surface area (Å²) in [6.45, 7) is 3.89. The van der Waals surface area contributed by atoms with Crippen molar-refractivity contribution in [3.63, 3.8) is 0 Å². The Labute approximate surface area is 530 Å². The van der Waals surface area contributed by atoms with Crippen LogP contribution in [0.1, 0.15) is 41.0 Å². The van der Waals surface area contributed by atoms with Crippen molar-refractivity contribution in [1.82, 2.24) is 34.9 Å². The fourth-order valence-corrected chi connectivity index (χ4v) is 7.71. The second kappa shape index (κ2) is 37.0. The third-order valence-corrected chi connectivity index (χ3v) is 12.5. The molecule has 0 saturated heterocycles. The van der Waals surface area contributed by atoms with Crippen LogP contribution in [0.2, 0.25) is 5.15 Å². The number of nitrogens with zero attached hydrogens (tertiary/aromatic N) is 3. The minimum atomic E-state index is -3.22. The summed E-state index contributed by atoms with van der Waals surface area (Å²) in [6, 6.07) is 36.4. The molecule has 30 heteroatoms. The quantitative estimate of drug-likeness (QED) is 0.00923. The van der Waals surface area contributed by atoms with Gasteiger partial charge in [-0.25, -0.2) is 19.7 Å². The number of nitrogen functional groups attached to an aromatic ring is 1. The van der Waals surface area contributed by atoms with E-state index in [1.165, 1.54) is 12.7 Å². The average molecular weight is 1550 g/mol. The van der Waals surface area contributed by atoms with E-state index in [1.807, 2.05) is 97.1 Å². The number of carboxylic acid groups (broad SMARTS) is 1. The summed E-state index contributed by atoms with van der Waals surface area (Å²) in [5, 5.41) is 12.6. The first kappa shape index (κ1) is 71.7. The number of ketones is 1. The number of carbonyl (C=O) groups is 4. The normalized spacial score (nSPS) is 10.0. The van der Waals surface area contributed by atoms with Crippen LogP contribution in [-0.2, 0) is 23.6 Å². The van der Waals surface area contributed by atoms with Crippen molar-refractivity contribution in [3.8, 4) is 33.8 Å². The molecule has 430 valence electrons. The average Bonchev–Trinajstić information content (AvgIpc) is 4.31. The second-order valence-electron chi connectivity index (χ2n) is 15.1. The maximum Gasteiger partial charge on any atom is 0.341 e. The predicted octanol–water partition coefficient (Wildman–Crippen LogP) is 15.8. The van der Waals surface area contributed by atoms with Gasteiger partial charge in [-0.05, 0) is 131 Å². The van der Waals surface area contributed by atoms with Crippen LogP contribution in [0.5, 0.6) is 0 Å². The maximum atomic E-state index is 11.6. The van der Waals surface area contributed by atoms with Crippen molar-refractivity contribution < 1.29 is 38.3 Å². The van der Waals surface area contributed by atoms with Crippen LogP contribution in [0.25, 0.3) is 55.8 Å². The number of amidine groups is 1. The van der Waals surface area contributed by atoms with Gasteiger partial charge in [0.15, 0.2) is 5.78 Å². The summed E-state index contributed by atoms with van der Waals surface area (Å²) >= 11 is 36.4. The molecule has 5 heterocycles. The number of Topliss-reactive ketones (excluding diaryl/α,β-unsaturated/α-hetero) is 1. The first-order chi connectivity index (χ1) is 37.9. The number of aromatic nitrogens is 7. The van der Waals surface area contributed by atoms with Crippen molar-refractivity contribution in [1.29, 1.82) is 5.41 Å². The molecule has 0 bridgehead atoms. The zero-order valence-corrected chi connectivity index (χ0v) is 54.7. The molecule has 5 aromatic heterocycles. The second-order valence-corrected chi connectivity index (χ2v) is 26.3. The van der Waals surface area contributed by atoms with Gasteiger partial charge in [0, 0.05) is 40.5 Å². The van der Waals surface area contributed by atoms with Gasteiger partial charge in [0.1, 0.15) is 46.4 Å². The standard InChI is InChI=1S/C13H13BrN2O2.C12H7BrClN3.C12H8BrN3O.C8H6Br2O.C5H10N2O2.CH2O2.Cl3OP.ClH/c1-2-18-13(17)10-7-11(16-12(10)15)8-3-5-9(14)6-4-8;13-8-3-1-7(2-4-8)10-5-9-11(14)15-6-16-12(9)17-10;13-8-3-1-7(2-4-8)10-5-9-11(16-10)14-6-15-12(9)17;9-5-8(11)6-1-3-7(10)4-2-6;1-2-9-5(8)3-4(6)7;2-1-3;1-5(2,3)4;/h3-7,16H,2,15H2,1H3;1-6H,(H,15,16,17);1-6H,(H2,14,15,16,17);1-4H,5H2;2-3H2,1H3,(H3,6,7);1H,(H,2,3);;1H. The van der Waals surface area contributed by atoms with Gasteiger partial charge in [-0.15, -0.1) is 12.4 Å². The zero-order valence-electron chi connectivity index (χ0n) is 42.0. The number of aromatic amines is 4. The third kappa shape index (κ3) is 26.2. The fourth-order valence-electron chi connectivity index (χ4n) is 6.14. The number of H-pyrrole nitrogens is 4. The molecule has 0 aliphatic rings. The molecule has 0 amide bonds. The van der Waals surface area contributed by atoms with E-state index >= 15 is 0 Å². The summed E-state index contributed by atoms with van der Waals surface area (Å²) in [5.74, 6) is -0.572. The summed E-state index contributed by atoms with van der Waals surface area (Å²) in [4.78, 5) is 77.1. The summed E-state index contributed by atoms with van der Waals surface area (Å²) in [6.07, 6.45) is 2.74. The highest BCUT2D eigenvalue weighted by Gasteiger charge is 2.16. The van der Waals surface area contributed by atoms with Crippen LogP contribution in [0.3, 0.4) is 0 Å². The highest BCUT2D eigenvalue weighted by atomic mass is 79.9. The van der Waals surface area contributed by atoms with Crippen molar-refractivity contribution >= 4 is 200 Å². The molecular formula is C51H47Br5Cl5N10O9P. The number of alkyl halides is 1. The van der Waals surface area contributed by atoms with E-state index in [-0.39, 0.29) is 42.5 Å². The lowest BCUT2D eigenvalue weighted by Gasteiger charge is -1.98. The number of anilines is 1. The molecule has 9 rings (SSSR count). The van der Waals surface area contributed by atoms with Crippen LogP contribution in [0, 0.1) is 5.41 Å². The van der Waals surface area contributed by atoms with Crippen LogP contribution in [0.15, 0.2) is 151 Å². The molecule has 4 aromatic carbocycles. The first-order valence-electron chi connectivity index (χ1n) is 22.5. The highest BCUT2D eigenvalue weighted by Crippen LogP contribution is 2.61. The molecule has 81 heavy (non-hydrogen) atoms. The van der Waals surface area contributed by atoms with Crippen LogP contribution >= 0.6 is 143 Å². The topological polar surface area (TPSA) is 319 Å². The summed E-state index contributed by atoms with van der Waals surface area (Å²) < 4.78 is 23.0. The number of ether oxygens (including phenoxy) is 2. The van der Waals surface area contributed by atoms with Crippen molar-refractivity contribution in [2.45, 2.75) is 20.3 Å². The van der Waals surface area contributed by atoms with Crippen LogP contribution < -0.4 is 17.0 Å². The Bertz CT molecular complexity index is 3560. The number of benzene rings is 4. The Hall–Kier alpha value is -5.37. The number of halogens is 10. The predicted molar refractivity (Wildman–Crippen MR) is 343 cm³/mol. The molecule has 0 saturated carbocycles. The van der Waals surface area contributed by atoms with Gasteiger partial charge in [0.05, 0.1) is 35.6 Å². The Kier molecular flexibility index (Phi) is 32.7. The van der Waals surface area contributed by atoms with Crippen LogP contribution in [0.4, 0.5) is 5.82 Å². The van der Waals surface area contributed by atoms with E-state index in [2.05, 4.69) is 153 Å². The minimum Gasteiger partial charge on any atom is -0.483 e. The number of fused-ring (bicyclic) bond motifs is 2. The van der Waals surface area contributed by atoms with E-state index in [0.717, 1.165) is 68.3 Å². The highest BCUT2D eigenvalue weighted by molar-refractivity contribution is 9.11. The fraction of sp³-hybridized carbons (Fsp3) is 0.118. The van der Waals surface area contributed by atoms with Gasteiger partial charge in [-0.2, -0.15) is 0 Å². The number of hydrogen-bond acceptors (Lipinski definition) is 13. The van der Waals surface area contributed by atoms with Gasteiger partial charge in [-0.1, -0.05) is 140 Å². The lowest BCUT2D eigenvalue weighted by atomic mass is 10.1. The van der Waals surface area contributed by atoms with Crippen molar-refractivity contribution in [2.24, 2.45) is 5.73 Å². The van der Waals surface area contributed by atoms with E-state index in [9.17, 15) is 23.7 Å². The van der Waals surface area contributed by atoms with Crippen molar-refractivity contribution in [3.05, 3.63) is 172 Å². The Morgan fingerprint density at radius 1 is 0.704 bits per heavy atom. The number of nitrogens with two attached hydrogens (primary N) is 2. The number of hydrogen-bond donors (Lipinski definition) is 8. The molecular weight excluding hydrogens is 1500 g/mol. The first-order valence-corrected chi connectivity index (χ1v) is 31.6. The molecule has 0 atom stereocenters. The lowest BCUT2D eigenvalue weighted by molar-refractivity contribution is -0.141. The molecule has 0 aliphatic heterocycles. The monoisotopic (exact) mass is 1540 g/mol. The molecule has 0 fully saturated rings. The minimum absolute atomic E-state index is 0. The van der Waals surface area contributed by atoms with Gasteiger partial charge in [0.2, 0.25) is 0 Å². The number of nitrogens with one attached hydrogen (secondary N) is 5. The molecule has 0 unspecified atom stereocenters. The number of carbonyl (C=O) groups excluding carboxylic acids is 3. The van der Waals surface area contributed by atoms with E-state index in [1.54, 1.807) is 32.0 Å². The van der Waals surface area contributed by atoms with Gasteiger partial charge < -0.3 is 46.0 Å². The molecule has 10 N–H and O–H groups in total. The Morgan fingerprint density at radius 2 is 1.11 bits per heavy atom. The summed E-state index contributed by atoms with van der Waals surface area (Å²) in [7, 11) is 0. The Morgan fingerprint density at radius 3 is 1.51 bits per heavy atom. The maximum absolute atomic E-state index is 11.6. The summed E-state index contributed by atoms with van der Waals surface area (Å²) in [5.41, 5.74) is 18.7. The van der Waals surface area contributed by atoms with E-state index in [4.69, 9.17) is 43.1 Å². The largest absolute Gasteiger partial charge is 0.483 e. The number of esters is 2. The van der Waals surface area contributed by atoms with Gasteiger partial charge in [-0.3, -0.25) is 29.2 Å². The van der Waals surface area contributed by atoms with Gasteiger partial charge in [0.25, 0.3) is 12.0 Å². The van der Waals surface area contributed by atoms with E-state index in [0.29, 0.717) is 46.1 Å². The van der Waals surface area contributed by atoms with Gasteiger partial charge >= 0.3 is 17.1 Å². The SMILES string of the molecule is CCOC(=O)CC(=N)N.CCOC(=O)c1cc(-c2ccc(Br)cc2)[nH]c1N.Cl.Clc1ncnc2[nH]c(-c3ccc(Br)cc3)cc12.O=C(CBr)c1ccc(Br)cc1.O=CO.O=P(Cl)(Cl)Cl.O=c1[nH]cnc2[nH]c(-c3ccc(Br)cc3)cc12. The van der Waals surface area contributed by atoms with Crippen molar-refractivity contribution in [2.75, 3.05) is 24.3 Å². The molecule has 0 radical (unpaired) electrons. The molecule has 0 aliphatic carbocycles.